The topological polar surface area (TPSA) is 76.5 Å². The molecule has 42 heavy (non-hydrogen) atoms. The van der Waals surface area contributed by atoms with Crippen molar-refractivity contribution in [3.05, 3.63) is 137 Å². The molecule has 1 aliphatic rings. The summed E-state index contributed by atoms with van der Waals surface area (Å²) in [5.74, 6) is -0.286. The number of ketones is 1. The molecule has 0 amide bonds. The van der Waals surface area contributed by atoms with E-state index < -0.39 is 15.6 Å². The highest BCUT2D eigenvalue weighted by Crippen LogP contribution is 2.31. The third-order valence-corrected chi connectivity index (χ3v) is 9.52. The van der Waals surface area contributed by atoms with E-state index in [0.29, 0.717) is 18.7 Å². The lowest BCUT2D eigenvalue weighted by molar-refractivity contribution is 0.0970. The van der Waals surface area contributed by atoms with Crippen molar-refractivity contribution in [2.45, 2.75) is 24.3 Å². The number of hydrogen-bond donors (Lipinski definition) is 0. The van der Waals surface area contributed by atoms with E-state index in [4.69, 9.17) is 0 Å². The number of rotatable bonds is 8. The molecule has 7 heteroatoms. The van der Waals surface area contributed by atoms with Gasteiger partial charge in [-0.2, -0.15) is 4.31 Å². The Morgan fingerprint density at radius 1 is 0.619 bits per heavy atom. The monoisotopic (exact) mass is 574 g/mol. The highest BCUT2D eigenvalue weighted by molar-refractivity contribution is 7.89. The van der Waals surface area contributed by atoms with Crippen molar-refractivity contribution in [1.82, 2.24) is 8.87 Å². The number of nitrogens with zero attached hydrogens (tertiary/aromatic N) is 2. The highest BCUT2D eigenvalue weighted by atomic mass is 32.2. The summed E-state index contributed by atoms with van der Waals surface area (Å²) >= 11 is 0. The van der Waals surface area contributed by atoms with Gasteiger partial charge in [0.2, 0.25) is 10.0 Å². The van der Waals surface area contributed by atoms with Gasteiger partial charge in [0.1, 0.15) is 0 Å². The van der Waals surface area contributed by atoms with Gasteiger partial charge in [-0.05, 0) is 76.6 Å². The molecule has 0 atom stereocenters. The first kappa shape index (κ1) is 27.6. The second kappa shape index (κ2) is 11.7. The van der Waals surface area contributed by atoms with Gasteiger partial charge in [-0.1, -0.05) is 78.9 Å². The van der Waals surface area contributed by atoms with Crippen LogP contribution in [-0.2, 0) is 16.6 Å². The lowest BCUT2D eigenvalue weighted by atomic mass is 9.93. The molecule has 6 rings (SSSR count). The molecule has 0 saturated carbocycles. The van der Waals surface area contributed by atoms with Gasteiger partial charge in [-0.15, -0.1) is 0 Å². The molecule has 5 aromatic rings. The van der Waals surface area contributed by atoms with Crippen LogP contribution in [0.25, 0.3) is 33.4 Å². The number of carbonyl (C=O) groups is 1. The number of benzene rings is 4. The molecular weight excluding hydrogens is 544 g/mol. The van der Waals surface area contributed by atoms with Gasteiger partial charge in [0, 0.05) is 30.9 Å². The SMILES string of the molecule is O=C(Cn1cc(S(=O)(=O)N2CCCC2)ccc1=O)c1cc(-c2ccccc2)cc(-c2cccc(-c3ccccc3)c2)c1. The van der Waals surface area contributed by atoms with Crippen molar-refractivity contribution in [2.24, 2.45) is 0 Å². The zero-order chi connectivity index (χ0) is 29.1. The number of aromatic nitrogens is 1. The first-order valence-corrected chi connectivity index (χ1v) is 15.4. The molecule has 0 radical (unpaired) electrons. The summed E-state index contributed by atoms with van der Waals surface area (Å²) in [4.78, 5) is 26.5. The smallest absolute Gasteiger partial charge is 0.251 e. The summed E-state index contributed by atoms with van der Waals surface area (Å²) in [5, 5.41) is 0. The lowest BCUT2D eigenvalue weighted by Gasteiger charge is -2.16. The predicted octanol–water partition coefficient (Wildman–Crippen LogP) is 6.52. The van der Waals surface area contributed by atoms with Crippen LogP contribution in [0.15, 0.2) is 131 Å². The Hall–Kier alpha value is -4.59. The summed E-state index contributed by atoms with van der Waals surface area (Å²) in [5.41, 5.74) is 5.83. The molecule has 2 heterocycles. The van der Waals surface area contributed by atoms with E-state index in [1.165, 1.54) is 27.2 Å². The van der Waals surface area contributed by atoms with E-state index in [0.717, 1.165) is 46.2 Å². The van der Waals surface area contributed by atoms with Crippen molar-refractivity contribution < 1.29 is 13.2 Å². The van der Waals surface area contributed by atoms with Crippen molar-refractivity contribution in [3.63, 3.8) is 0 Å². The second-order valence-corrected chi connectivity index (χ2v) is 12.4. The summed E-state index contributed by atoms with van der Waals surface area (Å²) < 4.78 is 28.8. The van der Waals surface area contributed by atoms with Gasteiger partial charge in [0.05, 0.1) is 11.4 Å². The van der Waals surface area contributed by atoms with E-state index in [2.05, 4.69) is 30.3 Å². The maximum absolute atomic E-state index is 13.7. The summed E-state index contributed by atoms with van der Waals surface area (Å²) in [6, 6.07) is 36.4. The molecular formula is C35H30N2O4S. The van der Waals surface area contributed by atoms with Crippen LogP contribution >= 0.6 is 0 Å². The fourth-order valence-corrected chi connectivity index (χ4v) is 6.91. The van der Waals surface area contributed by atoms with Gasteiger partial charge < -0.3 is 4.57 Å². The zero-order valence-corrected chi connectivity index (χ0v) is 23.8. The van der Waals surface area contributed by atoms with E-state index in [1.807, 2.05) is 72.8 Å². The molecule has 1 aromatic heterocycles. The number of pyridine rings is 1. The number of Topliss-reactive ketones (excluding diaryl/α,β-unsaturated/α-hetero) is 1. The maximum atomic E-state index is 13.7. The Morgan fingerprint density at radius 3 is 1.79 bits per heavy atom. The molecule has 1 aliphatic heterocycles. The Morgan fingerprint density at radius 2 is 1.14 bits per heavy atom. The van der Waals surface area contributed by atoms with Crippen LogP contribution in [0.3, 0.4) is 0 Å². The molecule has 4 aromatic carbocycles. The van der Waals surface area contributed by atoms with Crippen molar-refractivity contribution in [1.29, 1.82) is 0 Å². The van der Waals surface area contributed by atoms with Crippen LogP contribution in [0.2, 0.25) is 0 Å². The summed E-state index contributed by atoms with van der Waals surface area (Å²) in [6.45, 7) is 0.645. The molecule has 0 aliphatic carbocycles. The minimum Gasteiger partial charge on any atom is -0.306 e. The van der Waals surface area contributed by atoms with Gasteiger partial charge in [0.15, 0.2) is 5.78 Å². The second-order valence-electron chi connectivity index (χ2n) is 10.5. The standard InChI is InChI=1S/C35H30N2O4S/c38-34(25-36-24-33(16-17-35(36)39)42(40,41)37-18-7-8-19-37)32-22-30(27-12-5-2-6-13-27)21-31(23-32)29-15-9-14-28(20-29)26-10-3-1-4-11-26/h1-6,9-17,20-24H,7-8,18-19,25H2. The molecule has 0 N–H and O–H groups in total. The van der Waals surface area contributed by atoms with Gasteiger partial charge in [-0.3, -0.25) is 9.59 Å². The Bertz CT molecular complexity index is 1910. The quantitative estimate of drug-likeness (QED) is 0.198. The maximum Gasteiger partial charge on any atom is 0.251 e. The van der Waals surface area contributed by atoms with E-state index in [1.54, 1.807) is 0 Å². The summed E-state index contributed by atoms with van der Waals surface area (Å²) in [7, 11) is -3.73. The van der Waals surface area contributed by atoms with Crippen LogP contribution in [0.5, 0.6) is 0 Å². The minimum absolute atomic E-state index is 0.0215. The highest BCUT2D eigenvalue weighted by Gasteiger charge is 2.28. The van der Waals surface area contributed by atoms with Crippen LogP contribution < -0.4 is 5.56 Å². The van der Waals surface area contributed by atoms with E-state index in [-0.39, 0.29) is 17.2 Å². The number of hydrogen-bond acceptors (Lipinski definition) is 4. The molecule has 210 valence electrons. The fraction of sp³-hybridized carbons (Fsp3) is 0.143. The normalized spacial score (nSPS) is 13.7. The van der Waals surface area contributed by atoms with Crippen molar-refractivity contribution in [3.8, 4) is 33.4 Å². The van der Waals surface area contributed by atoms with Crippen LogP contribution in [0.4, 0.5) is 0 Å². The van der Waals surface area contributed by atoms with E-state index >= 15 is 0 Å². The molecule has 0 unspecified atom stereocenters. The fourth-order valence-electron chi connectivity index (χ4n) is 5.37. The molecule has 0 spiro atoms. The molecule has 1 saturated heterocycles. The largest absolute Gasteiger partial charge is 0.306 e. The van der Waals surface area contributed by atoms with Gasteiger partial charge in [0.25, 0.3) is 5.56 Å². The van der Waals surface area contributed by atoms with E-state index in [9.17, 15) is 18.0 Å². The predicted molar refractivity (Wildman–Crippen MR) is 166 cm³/mol. The Balaban J connectivity index is 1.38. The van der Waals surface area contributed by atoms with Gasteiger partial charge in [-0.25, -0.2) is 8.42 Å². The Labute approximate surface area is 245 Å². The van der Waals surface area contributed by atoms with Crippen LogP contribution in [0.1, 0.15) is 23.2 Å². The molecule has 1 fully saturated rings. The summed E-state index contributed by atoms with van der Waals surface area (Å²) in [6.07, 6.45) is 2.91. The first-order valence-electron chi connectivity index (χ1n) is 14.0. The zero-order valence-electron chi connectivity index (χ0n) is 23.0. The third kappa shape index (κ3) is 5.75. The first-order chi connectivity index (χ1) is 20.4. The average molecular weight is 575 g/mol. The number of sulfonamides is 1. The average Bonchev–Trinajstić information content (AvgIpc) is 3.59. The number of carbonyl (C=O) groups excluding carboxylic acids is 1. The molecule has 6 nitrogen and oxygen atoms in total. The van der Waals surface area contributed by atoms with Crippen LogP contribution in [-0.4, -0.2) is 36.2 Å². The third-order valence-electron chi connectivity index (χ3n) is 7.64. The van der Waals surface area contributed by atoms with Crippen LogP contribution in [0, 0.1) is 0 Å². The van der Waals surface area contributed by atoms with Crippen molar-refractivity contribution in [2.75, 3.05) is 13.1 Å². The lowest BCUT2D eigenvalue weighted by Crippen LogP contribution is -2.30. The Kier molecular flexibility index (Phi) is 7.69. The van der Waals surface area contributed by atoms with Gasteiger partial charge >= 0.3 is 0 Å². The van der Waals surface area contributed by atoms with Crippen molar-refractivity contribution >= 4 is 15.8 Å². The molecule has 0 bridgehead atoms. The minimum atomic E-state index is -3.73.